The molecule has 2 atom stereocenters. The van der Waals surface area contributed by atoms with E-state index in [0.717, 1.165) is 64.0 Å². The maximum absolute atomic E-state index is 12.9. The van der Waals surface area contributed by atoms with E-state index >= 15 is 0 Å². The molecule has 0 bridgehead atoms. The number of carbonyl (C=O) groups is 1. The van der Waals surface area contributed by atoms with Crippen molar-refractivity contribution in [3.63, 3.8) is 0 Å². The van der Waals surface area contributed by atoms with Crippen molar-refractivity contribution < 1.29 is 9.90 Å². The number of piperidine rings is 2. The van der Waals surface area contributed by atoms with Crippen molar-refractivity contribution in [2.24, 2.45) is 0 Å². The molecule has 1 amide bonds. The van der Waals surface area contributed by atoms with Crippen molar-refractivity contribution in [1.29, 1.82) is 0 Å². The summed E-state index contributed by atoms with van der Waals surface area (Å²) in [6, 6.07) is 17.3. The smallest absolute Gasteiger partial charge is 0.254 e. The van der Waals surface area contributed by atoms with Gasteiger partial charge in [0.15, 0.2) is 0 Å². The molecule has 0 aliphatic carbocycles. The van der Waals surface area contributed by atoms with Crippen molar-refractivity contribution in [3.8, 4) is 0 Å². The molecule has 0 radical (unpaired) electrons. The second-order valence-electron chi connectivity index (χ2n) is 9.27. The minimum absolute atomic E-state index is 0.0810. The molecule has 2 fully saturated rings. The highest BCUT2D eigenvalue weighted by Crippen LogP contribution is 2.35. The lowest BCUT2D eigenvalue weighted by Gasteiger charge is -2.37. The third-order valence-electron chi connectivity index (χ3n) is 7.47. The Hall–Kier alpha value is -2.21. The predicted molar refractivity (Wildman–Crippen MR) is 122 cm³/mol. The molecule has 3 aliphatic rings. The summed E-state index contributed by atoms with van der Waals surface area (Å²) in [6.45, 7) is 4.87. The van der Waals surface area contributed by atoms with Crippen molar-refractivity contribution in [2.45, 2.75) is 50.2 Å². The first-order valence-electron chi connectivity index (χ1n) is 11.8. The molecule has 1 unspecified atom stereocenters. The monoisotopic (exact) mass is 419 g/mol. The van der Waals surface area contributed by atoms with Crippen LogP contribution in [0.3, 0.4) is 0 Å². The number of nitrogens with one attached hydrogen (secondary N) is 1. The maximum atomic E-state index is 12.9. The number of nitrogens with zero attached hydrogens (tertiary/aromatic N) is 2. The summed E-state index contributed by atoms with van der Waals surface area (Å²) in [7, 11) is 0. The van der Waals surface area contributed by atoms with Crippen molar-refractivity contribution >= 4 is 5.91 Å². The van der Waals surface area contributed by atoms with Crippen molar-refractivity contribution in [2.75, 3.05) is 32.8 Å². The first kappa shape index (κ1) is 20.7. The summed E-state index contributed by atoms with van der Waals surface area (Å²) in [4.78, 5) is 17.4. The Kier molecular flexibility index (Phi) is 6.08. The van der Waals surface area contributed by atoms with Crippen LogP contribution in [0.15, 0.2) is 48.5 Å². The summed E-state index contributed by atoms with van der Waals surface area (Å²) < 4.78 is 0. The number of carbonyl (C=O) groups excluding carboxylic acids is 1. The van der Waals surface area contributed by atoms with E-state index in [0.29, 0.717) is 12.0 Å². The van der Waals surface area contributed by atoms with Crippen LogP contribution in [0, 0.1) is 0 Å². The van der Waals surface area contributed by atoms with Gasteiger partial charge in [0.05, 0.1) is 12.6 Å². The van der Waals surface area contributed by atoms with Gasteiger partial charge in [-0.2, -0.15) is 0 Å². The van der Waals surface area contributed by atoms with E-state index in [9.17, 15) is 9.90 Å². The molecule has 0 aromatic heterocycles. The molecule has 2 aromatic carbocycles. The zero-order valence-corrected chi connectivity index (χ0v) is 18.2. The molecule has 2 aromatic rings. The molecular formula is C26H33N3O2. The Morgan fingerprint density at radius 2 is 1.87 bits per heavy atom. The fraction of sp³-hybridized carbons (Fsp3) is 0.500. The summed E-state index contributed by atoms with van der Waals surface area (Å²) in [6.07, 6.45) is 4.43. The van der Waals surface area contributed by atoms with E-state index in [-0.39, 0.29) is 18.6 Å². The van der Waals surface area contributed by atoms with Crippen LogP contribution in [0.2, 0.25) is 0 Å². The Bertz CT molecular complexity index is 902. The number of benzene rings is 2. The first-order valence-corrected chi connectivity index (χ1v) is 11.8. The lowest BCUT2D eigenvalue weighted by molar-refractivity contribution is 0.0674. The molecule has 5 nitrogen and oxygen atoms in total. The molecule has 3 aliphatic heterocycles. The average molecular weight is 420 g/mol. The van der Waals surface area contributed by atoms with E-state index in [1.54, 1.807) is 0 Å². The first-order chi connectivity index (χ1) is 15.2. The van der Waals surface area contributed by atoms with Crippen LogP contribution >= 0.6 is 0 Å². The highest BCUT2D eigenvalue weighted by molar-refractivity contribution is 5.98. The van der Waals surface area contributed by atoms with Gasteiger partial charge >= 0.3 is 0 Å². The molecular weight excluding hydrogens is 386 g/mol. The SMILES string of the molecule is O=C1c2ccc(C3CCN([C@@H](CO)c4ccccc4)CC3)cc2CN1C1CCCNC1. The molecule has 0 saturated carbocycles. The Morgan fingerprint density at radius 1 is 1.06 bits per heavy atom. The third kappa shape index (κ3) is 4.14. The van der Waals surface area contributed by atoms with Gasteiger partial charge in [0.1, 0.15) is 0 Å². The van der Waals surface area contributed by atoms with Gasteiger partial charge < -0.3 is 15.3 Å². The number of hydrogen-bond acceptors (Lipinski definition) is 4. The summed E-state index contributed by atoms with van der Waals surface area (Å²) in [5, 5.41) is 13.4. The number of fused-ring (bicyclic) bond motifs is 1. The quantitative estimate of drug-likeness (QED) is 0.781. The van der Waals surface area contributed by atoms with Gasteiger partial charge in [-0.25, -0.2) is 0 Å². The average Bonchev–Trinajstić information content (AvgIpc) is 3.17. The molecule has 0 spiro atoms. The van der Waals surface area contributed by atoms with E-state index in [2.05, 4.69) is 45.4 Å². The topological polar surface area (TPSA) is 55.8 Å². The number of rotatable bonds is 5. The van der Waals surface area contributed by atoms with Gasteiger partial charge in [0.2, 0.25) is 0 Å². The van der Waals surface area contributed by atoms with E-state index < -0.39 is 0 Å². The highest BCUT2D eigenvalue weighted by atomic mass is 16.3. The van der Waals surface area contributed by atoms with E-state index in [1.165, 1.54) is 16.7 Å². The maximum Gasteiger partial charge on any atom is 0.254 e. The van der Waals surface area contributed by atoms with E-state index in [4.69, 9.17) is 0 Å². The van der Waals surface area contributed by atoms with Crippen LogP contribution in [0.5, 0.6) is 0 Å². The van der Waals surface area contributed by atoms with Crippen molar-refractivity contribution in [3.05, 3.63) is 70.8 Å². The van der Waals surface area contributed by atoms with Gasteiger partial charge in [0, 0.05) is 24.7 Å². The Labute approximate surface area is 185 Å². The van der Waals surface area contributed by atoms with Crippen molar-refractivity contribution in [1.82, 2.24) is 15.1 Å². The fourth-order valence-corrected chi connectivity index (χ4v) is 5.66. The fourth-order valence-electron chi connectivity index (χ4n) is 5.66. The normalized spacial score (nSPS) is 23.7. The lowest BCUT2D eigenvalue weighted by Crippen LogP contribution is -2.46. The van der Waals surface area contributed by atoms with Crippen LogP contribution in [0.4, 0.5) is 0 Å². The molecule has 2 N–H and O–H groups in total. The molecule has 2 saturated heterocycles. The summed E-state index contributed by atoms with van der Waals surface area (Å²) in [5.41, 5.74) is 4.66. The van der Waals surface area contributed by atoms with Gasteiger partial charge in [-0.15, -0.1) is 0 Å². The standard InChI is InChI=1S/C26H33N3O2/c30-18-25(20-5-2-1-3-6-20)28-13-10-19(11-14-28)21-8-9-24-22(15-21)17-29(26(24)31)23-7-4-12-27-16-23/h1-3,5-6,8-9,15,19,23,25,27,30H,4,7,10-14,16-18H2/t23?,25-/m0/s1. The number of likely N-dealkylation sites (tertiary alicyclic amines) is 1. The van der Waals surface area contributed by atoms with Crippen LogP contribution in [-0.4, -0.2) is 59.6 Å². The van der Waals surface area contributed by atoms with Crippen LogP contribution in [0.25, 0.3) is 0 Å². The Balaban J connectivity index is 1.25. The highest BCUT2D eigenvalue weighted by Gasteiger charge is 2.34. The third-order valence-corrected chi connectivity index (χ3v) is 7.47. The number of aliphatic hydroxyl groups excluding tert-OH is 1. The lowest BCUT2D eigenvalue weighted by atomic mass is 9.87. The van der Waals surface area contributed by atoms with Crippen LogP contribution in [0.1, 0.15) is 64.7 Å². The molecule has 164 valence electrons. The second-order valence-corrected chi connectivity index (χ2v) is 9.27. The number of aliphatic hydroxyl groups is 1. The van der Waals surface area contributed by atoms with Crippen LogP contribution in [-0.2, 0) is 6.54 Å². The van der Waals surface area contributed by atoms with Gasteiger partial charge in [-0.3, -0.25) is 9.69 Å². The summed E-state index contributed by atoms with van der Waals surface area (Å²) in [5.74, 6) is 0.732. The zero-order valence-electron chi connectivity index (χ0n) is 18.2. The minimum Gasteiger partial charge on any atom is -0.394 e. The molecule has 5 heteroatoms. The zero-order chi connectivity index (χ0) is 21.2. The Morgan fingerprint density at radius 3 is 2.58 bits per heavy atom. The molecule has 3 heterocycles. The summed E-state index contributed by atoms with van der Waals surface area (Å²) >= 11 is 0. The van der Waals surface area contributed by atoms with Gasteiger partial charge in [-0.05, 0) is 74.0 Å². The van der Waals surface area contributed by atoms with Gasteiger partial charge in [-0.1, -0.05) is 42.5 Å². The largest absolute Gasteiger partial charge is 0.394 e. The second kappa shape index (κ2) is 9.11. The number of hydrogen-bond donors (Lipinski definition) is 2. The van der Waals surface area contributed by atoms with E-state index in [1.807, 2.05) is 18.2 Å². The molecule has 31 heavy (non-hydrogen) atoms. The minimum atomic E-state index is 0.0810. The predicted octanol–water partition coefficient (Wildman–Crippen LogP) is 3.31. The van der Waals surface area contributed by atoms with Crippen LogP contribution < -0.4 is 5.32 Å². The molecule has 5 rings (SSSR count). The van der Waals surface area contributed by atoms with Gasteiger partial charge in [0.25, 0.3) is 5.91 Å². The number of amides is 1.